The molecule has 0 aliphatic carbocycles. The standard InChI is InChI=1S/C31H27Br3N4/c32-13-11-19(12-14-33)30-24-8-5-21(35-24)15-22-6-10-26(36-22)31(18-1-3-20(34)4-2-18)29-17-28-27(38(28)29)16-23-7-9-25(30)37-23/h1-10,15-16,19,27-29,35H,11-14,17H2/b21-15?,23-16-,30-24-,31-26-/t27-,28+,29-,38?/m0/s1. The second-order valence-electron chi connectivity index (χ2n) is 10.4. The Hall–Kier alpha value is -2.06. The van der Waals surface area contributed by atoms with E-state index in [1.54, 1.807) is 0 Å². The van der Waals surface area contributed by atoms with E-state index in [1.807, 2.05) is 0 Å². The first-order chi connectivity index (χ1) is 18.6. The summed E-state index contributed by atoms with van der Waals surface area (Å²) < 4.78 is 1.09. The highest BCUT2D eigenvalue weighted by atomic mass is 79.9. The predicted octanol–water partition coefficient (Wildman–Crippen LogP) is 6.05. The monoisotopic (exact) mass is 692 g/mol. The number of hydrogen-bond donors (Lipinski definition) is 1. The van der Waals surface area contributed by atoms with E-state index in [0.29, 0.717) is 24.0 Å². The molecule has 0 spiro atoms. The number of hydrogen-bond acceptors (Lipinski definition) is 3. The maximum atomic E-state index is 5.17. The first-order valence-electron chi connectivity index (χ1n) is 13.2. The number of nitrogens with one attached hydrogen (secondary N) is 1. The molecule has 6 bridgehead atoms. The summed E-state index contributed by atoms with van der Waals surface area (Å²) in [6.07, 6.45) is 16.5. The van der Waals surface area contributed by atoms with Crippen LogP contribution in [0.25, 0.3) is 17.2 Å². The third-order valence-corrected chi connectivity index (χ3v) is 9.63. The first kappa shape index (κ1) is 24.9. The van der Waals surface area contributed by atoms with Crippen LogP contribution in [0.2, 0.25) is 0 Å². The van der Waals surface area contributed by atoms with E-state index in [9.17, 15) is 0 Å². The summed E-state index contributed by atoms with van der Waals surface area (Å²) in [6, 6.07) is 14.4. The van der Waals surface area contributed by atoms with Crippen molar-refractivity contribution in [3.8, 4) is 0 Å². The quantitative estimate of drug-likeness (QED) is 0.291. The predicted molar refractivity (Wildman–Crippen MR) is 168 cm³/mol. The van der Waals surface area contributed by atoms with Crippen LogP contribution in [0, 0.1) is 5.92 Å². The largest absolute Gasteiger partial charge is 0.355 e. The van der Waals surface area contributed by atoms with Gasteiger partial charge in [-0.25, -0.2) is 9.98 Å². The fraction of sp³-hybridized carbons (Fsp3) is 0.290. The van der Waals surface area contributed by atoms with Crippen LogP contribution >= 0.6 is 47.8 Å². The van der Waals surface area contributed by atoms with E-state index in [-0.39, 0.29) is 0 Å². The van der Waals surface area contributed by atoms with E-state index in [4.69, 9.17) is 9.98 Å². The lowest BCUT2D eigenvalue weighted by Gasteiger charge is -2.30. The third kappa shape index (κ3) is 4.45. The van der Waals surface area contributed by atoms with Gasteiger partial charge < -0.3 is 4.98 Å². The second-order valence-corrected chi connectivity index (χ2v) is 12.9. The number of aliphatic imine (C=N–C) groups is 2. The van der Waals surface area contributed by atoms with Crippen LogP contribution in [0.5, 0.6) is 0 Å². The zero-order valence-corrected chi connectivity index (χ0v) is 25.5. The summed E-state index contributed by atoms with van der Waals surface area (Å²) in [5.74, 6) is 0.402. The number of aromatic nitrogens is 1. The topological polar surface area (TPSA) is 43.5 Å². The summed E-state index contributed by atoms with van der Waals surface area (Å²) in [5, 5.41) is 4.13. The Kier molecular flexibility index (Phi) is 6.67. The van der Waals surface area contributed by atoms with Gasteiger partial charge in [0.15, 0.2) is 0 Å². The zero-order valence-electron chi connectivity index (χ0n) is 20.7. The van der Waals surface area contributed by atoms with Gasteiger partial charge in [-0.15, -0.1) is 0 Å². The zero-order chi connectivity index (χ0) is 25.8. The van der Waals surface area contributed by atoms with E-state index in [2.05, 4.69) is 131 Å². The normalized spacial score (nSPS) is 31.3. The fourth-order valence-electron chi connectivity index (χ4n) is 6.32. The van der Waals surface area contributed by atoms with Crippen molar-refractivity contribution in [2.24, 2.45) is 15.9 Å². The number of allylic oxidation sites excluding steroid dienone is 4. The number of fused-ring (bicyclic) bond motifs is 5. The minimum absolute atomic E-state index is 0.369. The molecular formula is C31H27Br3N4. The highest BCUT2D eigenvalue weighted by molar-refractivity contribution is 9.10. The van der Waals surface area contributed by atoms with Crippen LogP contribution in [0.4, 0.5) is 0 Å². The lowest BCUT2D eigenvalue weighted by Crippen LogP contribution is -2.34. The number of H-pyrrole nitrogens is 1. The van der Waals surface area contributed by atoms with E-state index in [1.165, 1.54) is 16.7 Å². The first-order valence-corrected chi connectivity index (χ1v) is 16.2. The Labute approximate surface area is 247 Å². The maximum absolute atomic E-state index is 5.17. The summed E-state index contributed by atoms with van der Waals surface area (Å²) in [4.78, 5) is 16.6. The van der Waals surface area contributed by atoms with Crippen molar-refractivity contribution in [2.75, 3.05) is 10.7 Å². The van der Waals surface area contributed by atoms with Crippen molar-refractivity contribution in [2.45, 2.75) is 37.4 Å². The number of alkyl halides is 2. The van der Waals surface area contributed by atoms with E-state index >= 15 is 0 Å². The average Bonchev–Trinajstić information content (AvgIpc) is 3.43. The molecule has 0 saturated carbocycles. The third-order valence-electron chi connectivity index (χ3n) is 8.19. The highest BCUT2D eigenvalue weighted by Gasteiger charge is 2.61. The number of halogens is 3. The van der Waals surface area contributed by atoms with Crippen molar-refractivity contribution in [1.29, 1.82) is 0 Å². The van der Waals surface area contributed by atoms with Crippen molar-refractivity contribution in [3.63, 3.8) is 0 Å². The van der Waals surface area contributed by atoms with E-state index < -0.39 is 0 Å². The number of nitrogens with zero attached hydrogens (tertiary/aromatic N) is 3. The van der Waals surface area contributed by atoms with Gasteiger partial charge in [0.2, 0.25) is 0 Å². The summed E-state index contributed by atoms with van der Waals surface area (Å²) in [5.41, 5.74) is 8.08. The molecule has 7 heteroatoms. The van der Waals surface area contributed by atoms with Crippen molar-refractivity contribution in [3.05, 3.63) is 98.9 Å². The van der Waals surface area contributed by atoms with Crippen LogP contribution in [0.3, 0.4) is 0 Å². The van der Waals surface area contributed by atoms with Crippen molar-refractivity contribution in [1.82, 2.24) is 9.88 Å². The van der Waals surface area contributed by atoms with Crippen molar-refractivity contribution >= 4 is 76.4 Å². The molecule has 1 aromatic carbocycles. The van der Waals surface area contributed by atoms with Crippen LogP contribution in [0.1, 0.15) is 24.8 Å². The highest BCUT2D eigenvalue weighted by Crippen LogP contribution is 2.53. The molecule has 1 unspecified atom stereocenters. The molecule has 2 aromatic rings. The van der Waals surface area contributed by atoms with Gasteiger partial charge in [0.05, 0.1) is 22.8 Å². The Morgan fingerprint density at radius 1 is 0.947 bits per heavy atom. The smallest absolute Gasteiger partial charge is 0.0693 e. The van der Waals surface area contributed by atoms with Crippen LogP contribution in [0.15, 0.2) is 92.6 Å². The SMILES string of the molecule is BrCCC(CCBr)/C1=c2\ccc([nH]2)=CC2=N/C(=C(/c3ccc(Br)cc3)[C@@H]3C[C@@H]4[C@H](/C=C5/C=CC1=N5)N43)C=C2. The molecule has 5 aliphatic heterocycles. The molecule has 1 aromatic heterocycles. The number of benzene rings is 1. The number of aromatic amines is 1. The molecule has 192 valence electrons. The molecule has 4 atom stereocenters. The lowest BCUT2D eigenvalue weighted by atomic mass is 9.89. The van der Waals surface area contributed by atoms with Crippen LogP contribution in [-0.2, 0) is 0 Å². The molecule has 1 N–H and O–H groups in total. The number of rotatable bonds is 6. The average molecular weight is 695 g/mol. The molecular weight excluding hydrogens is 668 g/mol. The summed E-state index contributed by atoms with van der Waals surface area (Å²) in [6.45, 7) is 0. The minimum atomic E-state index is 0.369. The molecule has 6 heterocycles. The molecule has 5 aliphatic rings. The van der Waals surface area contributed by atoms with Gasteiger partial charge in [-0.05, 0) is 91.5 Å². The Bertz CT molecular complexity index is 1600. The van der Waals surface area contributed by atoms with Crippen LogP contribution in [-0.4, -0.2) is 50.1 Å². The fourth-order valence-corrected chi connectivity index (χ4v) is 7.69. The van der Waals surface area contributed by atoms with Gasteiger partial charge in [0.25, 0.3) is 0 Å². The van der Waals surface area contributed by atoms with Gasteiger partial charge in [-0.2, -0.15) is 0 Å². The molecule has 0 amide bonds. The maximum Gasteiger partial charge on any atom is 0.0693 e. The van der Waals surface area contributed by atoms with Crippen LogP contribution < -0.4 is 10.7 Å². The molecule has 38 heavy (non-hydrogen) atoms. The van der Waals surface area contributed by atoms with Crippen molar-refractivity contribution < 1.29 is 0 Å². The van der Waals surface area contributed by atoms with Gasteiger partial charge >= 0.3 is 0 Å². The second kappa shape index (κ2) is 10.2. The Morgan fingerprint density at radius 3 is 2.55 bits per heavy atom. The molecule has 4 nitrogen and oxygen atoms in total. The Balaban J connectivity index is 1.40. The van der Waals surface area contributed by atoms with Gasteiger partial charge in [0.1, 0.15) is 0 Å². The summed E-state index contributed by atoms with van der Waals surface area (Å²) >= 11 is 11.0. The molecule has 7 rings (SSSR count). The molecule has 2 fully saturated rings. The van der Waals surface area contributed by atoms with Gasteiger partial charge in [0, 0.05) is 55.1 Å². The van der Waals surface area contributed by atoms with E-state index in [0.717, 1.165) is 67.9 Å². The molecule has 2 saturated heterocycles. The summed E-state index contributed by atoms with van der Waals surface area (Å²) in [7, 11) is 0. The Morgan fingerprint density at radius 2 is 1.76 bits per heavy atom. The minimum Gasteiger partial charge on any atom is -0.355 e. The van der Waals surface area contributed by atoms with Gasteiger partial charge in [-0.1, -0.05) is 59.9 Å². The molecule has 0 radical (unpaired) electrons. The lowest BCUT2D eigenvalue weighted by molar-refractivity contribution is 0.307. The van der Waals surface area contributed by atoms with Gasteiger partial charge in [-0.3, -0.25) is 4.90 Å².